The Hall–Kier alpha value is -0.0400. The van der Waals surface area contributed by atoms with E-state index in [4.69, 9.17) is 4.74 Å². The molecule has 0 radical (unpaired) electrons. The lowest BCUT2D eigenvalue weighted by Gasteiger charge is -2.12. The first-order valence-corrected chi connectivity index (χ1v) is 4.83. The van der Waals surface area contributed by atoms with Gasteiger partial charge in [0, 0.05) is 13.7 Å². The second kappa shape index (κ2) is 6.66. The normalized spacial score (nSPS) is 29.5. The van der Waals surface area contributed by atoms with Gasteiger partial charge in [0.05, 0.1) is 0 Å². The van der Waals surface area contributed by atoms with Crippen molar-refractivity contribution in [3.8, 4) is 0 Å². The zero-order valence-corrected chi connectivity index (χ0v) is 8.39. The SMILES string of the molecule is CC.COCC1CCC[C@@H]1C. The molecule has 0 amide bonds. The van der Waals surface area contributed by atoms with Crippen molar-refractivity contribution in [1.29, 1.82) is 0 Å². The van der Waals surface area contributed by atoms with Crippen molar-refractivity contribution in [2.75, 3.05) is 13.7 Å². The molecule has 0 bridgehead atoms. The van der Waals surface area contributed by atoms with Crippen LogP contribution in [0.5, 0.6) is 0 Å². The van der Waals surface area contributed by atoms with Gasteiger partial charge in [-0.25, -0.2) is 0 Å². The molecule has 0 aromatic heterocycles. The van der Waals surface area contributed by atoms with E-state index in [9.17, 15) is 0 Å². The first-order valence-electron chi connectivity index (χ1n) is 4.83. The van der Waals surface area contributed by atoms with Crippen molar-refractivity contribution >= 4 is 0 Å². The quantitative estimate of drug-likeness (QED) is 0.600. The lowest BCUT2D eigenvalue weighted by molar-refractivity contribution is 0.137. The van der Waals surface area contributed by atoms with E-state index in [1.807, 2.05) is 13.8 Å². The Kier molecular flexibility index (Phi) is 6.63. The molecule has 68 valence electrons. The lowest BCUT2D eigenvalue weighted by atomic mass is 10.00. The minimum absolute atomic E-state index is 0.856. The summed E-state index contributed by atoms with van der Waals surface area (Å²) in [7, 11) is 1.80. The monoisotopic (exact) mass is 158 g/mol. The summed E-state index contributed by atoms with van der Waals surface area (Å²) in [6, 6.07) is 0. The van der Waals surface area contributed by atoms with Gasteiger partial charge in [-0.2, -0.15) is 0 Å². The van der Waals surface area contributed by atoms with E-state index < -0.39 is 0 Å². The van der Waals surface area contributed by atoms with Crippen LogP contribution in [0.15, 0.2) is 0 Å². The summed E-state index contributed by atoms with van der Waals surface area (Å²) >= 11 is 0. The highest BCUT2D eigenvalue weighted by Crippen LogP contribution is 2.30. The largest absolute Gasteiger partial charge is 0.384 e. The minimum atomic E-state index is 0.856. The van der Waals surface area contributed by atoms with Crippen molar-refractivity contribution in [2.24, 2.45) is 11.8 Å². The molecule has 1 saturated carbocycles. The Morgan fingerprint density at radius 3 is 2.27 bits per heavy atom. The predicted molar refractivity (Wildman–Crippen MR) is 49.7 cm³/mol. The molecule has 1 aliphatic carbocycles. The van der Waals surface area contributed by atoms with E-state index in [0.29, 0.717) is 0 Å². The highest BCUT2D eigenvalue weighted by molar-refractivity contribution is 4.73. The molecule has 1 aliphatic rings. The molecule has 2 atom stereocenters. The molecular formula is C10H22O. The highest BCUT2D eigenvalue weighted by atomic mass is 16.5. The molecule has 1 nitrogen and oxygen atoms in total. The van der Waals surface area contributed by atoms with Crippen molar-refractivity contribution < 1.29 is 4.74 Å². The van der Waals surface area contributed by atoms with Gasteiger partial charge in [0.15, 0.2) is 0 Å². The first kappa shape index (κ1) is 11.0. The number of rotatable bonds is 2. The summed E-state index contributed by atoms with van der Waals surface area (Å²) in [5.41, 5.74) is 0. The number of methoxy groups -OCH3 is 1. The maximum Gasteiger partial charge on any atom is 0.0493 e. The van der Waals surface area contributed by atoms with Crippen LogP contribution in [0.4, 0.5) is 0 Å². The van der Waals surface area contributed by atoms with Crippen molar-refractivity contribution in [2.45, 2.75) is 40.0 Å². The molecular weight excluding hydrogens is 136 g/mol. The van der Waals surface area contributed by atoms with Crippen LogP contribution in [-0.4, -0.2) is 13.7 Å². The van der Waals surface area contributed by atoms with E-state index >= 15 is 0 Å². The summed E-state index contributed by atoms with van der Waals surface area (Å²) in [4.78, 5) is 0. The topological polar surface area (TPSA) is 9.23 Å². The summed E-state index contributed by atoms with van der Waals surface area (Å²) < 4.78 is 5.10. The van der Waals surface area contributed by atoms with Gasteiger partial charge < -0.3 is 4.74 Å². The maximum atomic E-state index is 5.10. The molecule has 0 heterocycles. The zero-order valence-electron chi connectivity index (χ0n) is 8.39. The van der Waals surface area contributed by atoms with E-state index in [2.05, 4.69) is 6.92 Å². The van der Waals surface area contributed by atoms with Crippen molar-refractivity contribution in [1.82, 2.24) is 0 Å². The molecule has 11 heavy (non-hydrogen) atoms. The number of ether oxygens (including phenoxy) is 1. The van der Waals surface area contributed by atoms with Crippen molar-refractivity contribution in [3.63, 3.8) is 0 Å². The van der Waals surface area contributed by atoms with Crippen molar-refractivity contribution in [3.05, 3.63) is 0 Å². The number of hydrogen-bond acceptors (Lipinski definition) is 1. The van der Waals surface area contributed by atoms with Gasteiger partial charge in [-0.1, -0.05) is 33.6 Å². The fourth-order valence-electron chi connectivity index (χ4n) is 1.68. The minimum Gasteiger partial charge on any atom is -0.384 e. The third-order valence-electron chi connectivity index (χ3n) is 2.42. The Morgan fingerprint density at radius 2 is 1.91 bits per heavy atom. The average Bonchev–Trinajstić information content (AvgIpc) is 2.42. The van der Waals surface area contributed by atoms with E-state index in [1.165, 1.54) is 19.3 Å². The third-order valence-corrected chi connectivity index (χ3v) is 2.42. The lowest BCUT2D eigenvalue weighted by Crippen LogP contribution is -2.10. The number of hydrogen-bond donors (Lipinski definition) is 0. The van der Waals surface area contributed by atoms with Gasteiger partial charge >= 0.3 is 0 Å². The second-order valence-corrected chi connectivity index (χ2v) is 3.12. The van der Waals surface area contributed by atoms with Crippen LogP contribution >= 0.6 is 0 Å². The van der Waals surface area contributed by atoms with E-state index in [1.54, 1.807) is 7.11 Å². The first-order chi connectivity index (χ1) is 5.34. The predicted octanol–water partition coefficient (Wildman–Crippen LogP) is 3.10. The van der Waals surface area contributed by atoms with Gasteiger partial charge in [-0.3, -0.25) is 0 Å². The van der Waals surface area contributed by atoms with E-state index in [-0.39, 0.29) is 0 Å². The molecule has 0 N–H and O–H groups in total. The van der Waals surface area contributed by atoms with Gasteiger partial charge in [-0.15, -0.1) is 0 Å². The average molecular weight is 158 g/mol. The highest BCUT2D eigenvalue weighted by Gasteiger charge is 2.22. The van der Waals surface area contributed by atoms with Gasteiger partial charge in [0.25, 0.3) is 0 Å². The maximum absolute atomic E-state index is 5.10. The molecule has 1 unspecified atom stereocenters. The molecule has 0 aromatic carbocycles. The third kappa shape index (κ3) is 3.76. The fraction of sp³-hybridized carbons (Fsp3) is 1.00. The Morgan fingerprint density at radius 1 is 1.27 bits per heavy atom. The zero-order chi connectivity index (χ0) is 8.69. The Bertz CT molecular complexity index is 80.9. The van der Waals surface area contributed by atoms with Crippen LogP contribution in [0.25, 0.3) is 0 Å². The fourth-order valence-corrected chi connectivity index (χ4v) is 1.68. The molecule has 1 heteroatoms. The van der Waals surface area contributed by atoms with Crippen LogP contribution < -0.4 is 0 Å². The van der Waals surface area contributed by atoms with E-state index in [0.717, 1.165) is 18.4 Å². The van der Waals surface area contributed by atoms with Gasteiger partial charge in [0.1, 0.15) is 0 Å². The van der Waals surface area contributed by atoms with Crippen LogP contribution in [-0.2, 0) is 4.74 Å². The van der Waals surface area contributed by atoms with Crippen LogP contribution in [0.1, 0.15) is 40.0 Å². The van der Waals surface area contributed by atoms with Crippen LogP contribution in [0.2, 0.25) is 0 Å². The van der Waals surface area contributed by atoms with Crippen LogP contribution in [0, 0.1) is 11.8 Å². The summed E-state index contributed by atoms with van der Waals surface area (Å²) in [6.07, 6.45) is 4.21. The molecule has 1 rings (SSSR count). The summed E-state index contributed by atoms with van der Waals surface area (Å²) in [5, 5.41) is 0. The van der Waals surface area contributed by atoms with Gasteiger partial charge in [0.2, 0.25) is 0 Å². The van der Waals surface area contributed by atoms with Gasteiger partial charge in [-0.05, 0) is 18.3 Å². The standard InChI is InChI=1S/C8H16O.C2H6/c1-7-4-3-5-8(7)6-9-2;1-2/h7-8H,3-6H2,1-2H3;1-2H3/t7-,8?;/m0./s1. The molecule has 0 saturated heterocycles. The smallest absolute Gasteiger partial charge is 0.0493 e. The molecule has 0 aromatic rings. The second-order valence-electron chi connectivity index (χ2n) is 3.12. The molecule has 0 aliphatic heterocycles. The van der Waals surface area contributed by atoms with Crippen LogP contribution in [0.3, 0.4) is 0 Å². The molecule has 0 spiro atoms. The summed E-state index contributed by atoms with van der Waals surface area (Å²) in [5.74, 6) is 1.76. The Labute approximate surface area is 71.1 Å². The molecule has 1 fully saturated rings. The Balaban J connectivity index is 0.000000461. The summed E-state index contributed by atoms with van der Waals surface area (Å²) in [6.45, 7) is 7.30.